The van der Waals surface area contributed by atoms with Gasteiger partial charge in [0, 0.05) is 0 Å². The van der Waals surface area contributed by atoms with Crippen molar-refractivity contribution in [3.05, 3.63) is 65.7 Å². The van der Waals surface area contributed by atoms with E-state index >= 15 is 0 Å². The van der Waals surface area contributed by atoms with Gasteiger partial charge in [-0.3, -0.25) is 0 Å². The Morgan fingerprint density at radius 3 is 1.50 bits per heavy atom. The lowest BCUT2D eigenvalue weighted by Gasteiger charge is -1.93. The molecule has 0 saturated carbocycles. The topological polar surface area (TPSA) is 9.23 Å². The Balaban J connectivity index is 0.000000160. The second-order valence-electron chi connectivity index (χ2n) is 3.50. The smallest absolute Gasteiger partial charge is 0.341 e. The molecule has 0 saturated heterocycles. The molecule has 0 unspecified atom stereocenters. The lowest BCUT2D eigenvalue weighted by molar-refractivity contribution is 0.616. The van der Waals surface area contributed by atoms with Crippen molar-refractivity contribution in [2.24, 2.45) is 0 Å². The van der Waals surface area contributed by atoms with Crippen LogP contribution in [0, 0.1) is 13.8 Å². The molecule has 2 aromatic rings. The minimum Gasteiger partial charge on any atom is -0.540 e. The molecule has 0 N–H and O–H groups in total. The second kappa shape index (κ2) is 6.85. The third-order valence-corrected chi connectivity index (χ3v) is 2.52. The van der Waals surface area contributed by atoms with Gasteiger partial charge in [-0.1, -0.05) is 42.5 Å². The van der Waals surface area contributed by atoms with E-state index in [2.05, 4.69) is 48.6 Å². The average Bonchev–Trinajstić information content (AvgIpc) is 2.35. The fourth-order valence-electron chi connectivity index (χ4n) is 1.15. The number of hydrogen-bond donors (Lipinski definition) is 0. The first-order valence-electron chi connectivity index (χ1n) is 5.15. The molecular formula is C14H15OSi. The summed E-state index contributed by atoms with van der Waals surface area (Å²) in [5.74, 6) is 0.823. The summed E-state index contributed by atoms with van der Waals surface area (Å²) in [6.45, 7) is 4.24. The Hall–Kier alpha value is -1.54. The summed E-state index contributed by atoms with van der Waals surface area (Å²) in [7, 11) is 2.90. The van der Waals surface area contributed by atoms with Crippen molar-refractivity contribution in [2.45, 2.75) is 13.8 Å². The summed E-state index contributed by atoms with van der Waals surface area (Å²) < 4.78 is 4.72. The molecule has 81 valence electrons. The first-order chi connectivity index (χ1) is 7.74. The lowest BCUT2D eigenvalue weighted by Crippen LogP contribution is -1.81. The van der Waals surface area contributed by atoms with Crippen LogP contribution in [0.5, 0.6) is 5.75 Å². The molecule has 0 bridgehead atoms. The molecule has 0 heterocycles. The van der Waals surface area contributed by atoms with E-state index in [9.17, 15) is 0 Å². The molecule has 1 nitrogen and oxygen atoms in total. The van der Waals surface area contributed by atoms with E-state index in [1.54, 1.807) is 0 Å². The number of hydrogen-bond acceptors (Lipinski definition) is 1. The molecule has 0 aliphatic carbocycles. The maximum Gasteiger partial charge on any atom is 0.341 e. The molecule has 0 spiro atoms. The Kier molecular flexibility index (Phi) is 5.36. The molecule has 0 aliphatic rings. The van der Waals surface area contributed by atoms with Gasteiger partial charge in [0.2, 0.25) is 0 Å². The molecule has 16 heavy (non-hydrogen) atoms. The second-order valence-corrected chi connectivity index (χ2v) is 3.70. The van der Waals surface area contributed by atoms with Gasteiger partial charge in [0.15, 0.2) is 0 Å². The molecular weight excluding hydrogens is 212 g/mol. The van der Waals surface area contributed by atoms with E-state index in [0.29, 0.717) is 0 Å². The predicted molar refractivity (Wildman–Crippen MR) is 68.7 cm³/mol. The van der Waals surface area contributed by atoms with E-state index in [1.807, 2.05) is 30.3 Å². The third-order valence-electron chi connectivity index (χ3n) is 2.29. The molecule has 2 aromatic carbocycles. The highest BCUT2D eigenvalue weighted by atomic mass is 28.2. The van der Waals surface area contributed by atoms with Crippen LogP contribution in [-0.4, -0.2) is 10.5 Å². The summed E-state index contributed by atoms with van der Waals surface area (Å²) in [4.78, 5) is 0. The van der Waals surface area contributed by atoms with E-state index in [0.717, 1.165) is 5.75 Å². The van der Waals surface area contributed by atoms with Gasteiger partial charge >= 0.3 is 10.5 Å². The Morgan fingerprint density at radius 1 is 0.750 bits per heavy atom. The highest BCUT2D eigenvalue weighted by Gasteiger charge is 1.83. The summed E-state index contributed by atoms with van der Waals surface area (Å²) in [6, 6.07) is 17.9. The molecule has 2 heteroatoms. The van der Waals surface area contributed by atoms with Crippen LogP contribution in [0.2, 0.25) is 0 Å². The van der Waals surface area contributed by atoms with Gasteiger partial charge in [0.05, 0.1) is 0 Å². The Labute approximate surface area is 101 Å². The molecule has 3 radical (unpaired) electrons. The maximum absolute atomic E-state index is 4.72. The first kappa shape index (κ1) is 12.5. The molecule has 0 aromatic heterocycles. The number of benzene rings is 2. The number of rotatable bonds is 1. The van der Waals surface area contributed by atoms with Crippen LogP contribution in [-0.2, 0) is 0 Å². The number of para-hydroxylation sites is 1. The fourth-order valence-corrected chi connectivity index (χ4v) is 1.29. The van der Waals surface area contributed by atoms with E-state index in [4.69, 9.17) is 4.43 Å². The third kappa shape index (κ3) is 4.32. The summed E-state index contributed by atoms with van der Waals surface area (Å²) >= 11 is 0. The monoisotopic (exact) mass is 227 g/mol. The van der Waals surface area contributed by atoms with E-state index < -0.39 is 0 Å². The van der Waals surface area contributed by atoms with Crippen LogP contribution < -0.4 is 4.43 Å². The minimum absolute atomic E-state index is 0.823. The van der Waals surface area contributed by atoms with Crippen molar-refractivity contribution < 1.29 is 4.43 Å². The number of aryl methyl sites for hydroxylation is 2. The summed E-state index contributed by atoms with van der Waals surface area (Å²) in [6.07, 6.45) is 0. The van der Waals surface area contributed by atoms with Crippen LogP contribution in [0.25, 0.3) is 0 Å². The van der Waals surface area contributed by atoms with E-state index in [-0.39, 0.29) is 0 Å². The fraction of sp³-hybridized carbons (Fsp3) is 0.143. The van der Waals surface area contributed by atoms with Crippen LogP contribution in [0.15, 0.2) is 54.6 Å². The van der Waals surface area contributed by atoms with Gasteiger partial charge in [-0.25, -0.2) is 0 Å². The Bertz CT molecular complexity index is 391. The van der Waals surface area contributed by atoms with Gasteiger partial charge in [-0.15, -0.1) is 0 Å². The molecule has 2 rings (SSSR count). The summed E-state index contributed by atoms with van der Waals surface area (Å²) in [5, 5.41) is 0. The minimum atomic E-state index is 0.823. The zero-order valence-electron chi connectivity index (χ0n) is 9.60. The quantitative estimate of drug-likeness (QED) is 0.678. The van der Waals surface area contributed by atoms with Gasteiger partial charge in [-0.05, 0) is 37.1 Å². The maximum atomic E-state index is 4.72. The van der Waals surface area contributed by atoms with Crippen LogP contribution in [0.1, 0.15) is 11.1 Å². The highest BCUT2D eigenvalue weighted by molar-refractivity contribution is 5.99. The lowest BCUT2D eigenvalue weighted by atomic mass is 10.1. The van der Waals surface area contributed by atoms with Crippen molar-refractivity contribution in [1.82, 2.24) is 0 Å². The molecule has 0 amide bonds. The van der Waals surface area contributed by atoms with Gasteiger partial charge in [0.1, 0.15) is 5.75 Å². The SMILES string of the molecule is Cc1ccccc1C.[Si]Oc1ccccc1. The van der Waals surface area contributed by atoms with Gasteiger partial charge < -0.3 is 4.43 Å². The molecule has 0 fully saturated rings. The zero-order valence-corrected chi connectivity index (χ0v) is 10.6. The van der Waals surface area contributed by atoms with Crippen molar-refractivity contribution in [3.63, 3.8) is 0 Å². The normalized spacial score (nSPS) is 8.94. The van der Waals surface area contributed by atoms with Crippen molar-refractivity contribution in [2.75, 3.05) is 0 Å². The van der Waals surface area contributed by atoms with Crippen molar-refractivity contribution in [1.29, 1.82) is 0 Å². The zero-order chi connectivity index (χ0) is 11.8. The predicted octanol–water partition coefficient (Wildman–Crippen LogP) is 3.45. The first-order valence-corrected chi connectivity index (χ1v) is 5.55. The summed E-state index contributed by atoms with van der Waals surface area (Å²) in [5.41, 5.74) is 2.74. The van der Waals surface area contributed by atoms with Crippen LogP contribution in [0.4, 0.5) is 0 Å². The molecule has 0 aliphatic heterocycles. The Morgan fingerprint density at radius 2 is 1.19 bits per heavy atom. The van der Waals surface area contributed by atoms with Crippen molar-refractivity contribution >= 4 is 10.5 Å². The van der Waals surface area contributed by atoms with Gasteiger partial charge in [0.25, 0.3) is 0 Å². The van der Waals surface area contributed by atoms with E-state index in [1.165, 1.54) is 11.1 Å². The molecule has 0 atom stereocenters. The largest absolute Gasteiger partial charge is 0.540 e. The van der Waals surface area contributed by atoms with Crippen LogP contribution in [0.3, 0.4) is 0 Å². The highest BCUT2D eigenvalue weighted by Crippen LogP contribution is 2.05. The van der Waals surface area contributed by atoms with Crippen LogP contribution >= 0.6 is 0 Å². The van der Waals surface area contributed by atoms with Gasteiger partial charge in [-0.2, -0.15) is 0 Å². The average molecular weight is 227 g/mol. The standard InChI is InChI=1S/C8H10.C6H5OSi/c1-7-5-3-4-6-8(7)2;8-7-6-4-2-1-3-5-6/h3-6H,1-2H3;1-5H. The van der Waals surface area contributed by atoms with Crippen molar-refractivity contribution in [3.8, 4) is 5.75 Å².